The quantitative estimate of drug-likeness (QED) is 0.383. The SMILES string of the molecule is Cc1ccc(Oc2ccc(NC(=O)Nc3ccc4c(ccn4CCN(C)C)c3)cc2)cc1. The van der Waals surface area contributed by atoms with E-state index in [2.05, 4.69) is 46.5 Å². The summed E-state index contributed by atoms with van der Waals surface area (Å²) in [6, 6.07) is 22.9. The van der Waals surface area contributed by atoms with Gasteiger partial charge in [0.25, 0.3) is 0 Å². The van der Waals surface area contributed by atoms with E-state index >= 15 is 0 Å². The molecule has 1 heterocycles. The first-order valence-corrected chi connectivity index (χ1v) is 10.6. The number of carbonyl (C=O) groups excluding carboxylic acids is 1. The predicted octanol–water partition coefficient (Wildman–Crippen LogP) is 5.95. The van der Waals surface area contributed by atoms with Crippen molar-refractivity contribution in [2.45, 2.75) is 13.5 Å². The molecule has 0 spiro atoms. The molecule has 1 aromatic heterocycles. The van der Waals surface area contributed by atoms with Crippen molar-refractivity contribution in [3.8, 4) is 11.5 Å². The lowest BCUT2D eigenvalue weighted by Crippen LogP contribution is -2.19. The molecule has 0 aliphatic carbocycles. The summed E-state index contributed by atoms with van der Waals surface area (Å²) in [5.74, 6) is 1.49. The van der Waals surface area contributed by atoms with Crippen molar-refractivity contribution in [2.24, 2.45) is 0 Å². The van der Waals surface area contributed by atoms with Gasteiger partial charge < -0.3 is 24.8 Å². The van der Waals surface area contributed by atoms with Crippen LogP contribution in [0.3, 0.4) is 0 Å². The van der Waals surface area contributed by atoms with Crippen molar-refractivity contribution < 1.29 is 9.53 Å². The number of rotatable bonds is 7. The number of anilines is 2. The minimum absolute atomic E-state index is 0.288. The summed E-state index contributed by atoms with van der Waals surface area (Å²) in [6.45, 7) is 3.93. The van der Waals surface area contributed by atoms with Gasteiger partial charge in [-0.25, -0.2) is 4.79 Å². The van der Waals surface area contributed by atoms with E-state index in [4.69, 9.17) is 4.74 Å². The number of aryl methyl sites for hydroxylation is 1. The van der Waals surface area contributed by atoms with E-state index in [1.807, 2.05) is 73.7 Å². The molecule has 0 radical (unpaired) electrons. The van der Waals surface area contributed by atoms with E-state index in [0.29, 0.717) is 11.4 Å². The second-order valence-corrected chi connectivity index (χ2v) is 8.10. The molecule has 3 aromatic carbocycles. The van der Waals surface area contributed by atoms with Crippen LogP contribution >= 0.6 is 0 Å². The highest BCUT2D eigenvalue weighted by molar-refractivity contribution is 6.01. The molecule has 164 valence electrons. The summed E-state index contributed by atoms with van der Waals surface area (Å²) >= 11 is 0. The molecule has 0 saturated heterocycles. The van der Waals surface area contributed by atoms with Crippen LogP contribution in [0.5, 0.6) is 11.5 Å². The maximum atomic E-state index is 12.4. The van der Waals surface area contributed by atoms with Gasteiger partial charge in [-0.15, -0.1) is 0 Å². The van der Waals surface area contributed by atoms with Gasteiger partial charge in [-0.3, -0.25) is 0 Å². The molecule has 2 amide bonds. The van der Waals surface area contributed by atoms with Crippen molar-refractivity contribution in [1.29, 1.82) is 0 Å². The number of fused-ring (bicyclic) bond motifs is 1. The monoisotopic (exact) mass is 428 g/mol. The number of aromatic nitrogens is 1. The molecule has 0 fully saturated rings. The Hall–Kier alpha value is -3.77. The van der Waals surface area contributed by atoms with Crippen molar-refractivity contribution >= 4 is 28.3 Å². The van der Waals surface area contributed by atoms with Crippen molar-refractivity contribution in [3.63, 3.8) is 0 Å². The van der Waals surface area contributed by atoms with Gasteiger partial charge in [-0.05, 0) is 81.7 Å². The molecular formula is C26H28N4O2. The number of hydrogen-bond acceptors (Lipinski definition) is 3. The van der Waals surface area contributed by atoms with E-state index < -0.39 is 0 Å². The summed E-state index contributed by atoms with van der Waals surface area (Å²) in [5.41, 5.74) is 3.78. The third-order valence-electron chi connectivity index (χ3n) is 5.19. The van der Waals surface area contributed by atoms with Crippen LogP contribution in [-0.4, -0.2) is 36.1 Å². The zero-order valence-electron chi connectivity index (χ0n) is 18.6. The first-order chi connectivity index (χ1) is 15.5. The predicted molar refractivity (Wildman–Crippen MR) is 131 cm³/mol. The maximum absolute atomic E-state index is 12.4. The van der Waals surface area contributed by atoms with Crippen LogP contribution in [0, 0.1) is 6.92 Å². The van der Waals surface area contributed by atoms with Crippen LogP contribution in [0.15, 0.2) is 79.0 Å². The standard InChI is InChI=1S/C26H28N4O2/c1-19-4-9-23(10-5-19)32-24-11-6-21(7-12-24)27-26(31)28-22-8-13-25-20(18-22)14-15-30(25)17-16-29(2)3/h4-15,18H,16-17H2,1-3H3,(H2,27,28,31). The van der Waals surface area contributed by atoms with Gasteiger partial charge in [-0.2, -0.15) is 0 Å². The highest BCUT2D eigenvalue weighted by atomic mass is 16.5. The van der Waals surface area contributed by atoms with Crippen molar-refractivity contribution in [3.05, 3.63) is 84.6 Å². The number of likely N-dealkylation sites (N-methyl/N-ethyl adjacent to an activating group) is 1. The molecule has 0 saturated carbocycles. The molecule has 32 heavy (non-hydrogen) atoms. The molecule has 4 aromatic rings. The second-order valence-electron chi connectivity index (χ2n) is 8.10. The van der Waals surface area contributed by atoms with Gasteiger partial charge in [-0.1, -0.05) is 17.7 Å². The Morgan fingerprint density at radius 2 is 1.50 bits per heavy atom. The number of amides is 2. The van der Waals surface area contributed by atoms with E-state index in [1.165, 1.54) is 5.56 Å². The average Bonchev–Trinajstić information content (AvgIpc) is 3.17. The minimum Gasteiger partial charge on any atom is -0.457 e. The van der Waals surface area contributed by atoms with Gasteiger partial charge >= 0.3 is 6.03 Å². The van der Waals surface area contributed by atoms with Crippen LogP contribution in [0.1, 0.15) is 5.56 Å². The van der Waals surface area contributed by atoms with Crippen LogP contribution in [0.25, 0.3) is 10.9 Å². The summed E-state index contributed by atoms with van der Waals surface area (Å²) in [5, 5.41) is 6.86. The van der Waals surface area contributed by atoms with E-state index in [0.717, 1.165) is 35.4 Å². The second kappa shape index (κ2) is 9.58. The van der Waals surface area contributed by atoms with Gasteiger partial charge in [0.1, 0.15) is 11.5 Å². The van der Waals surface area contributed by atoms with Crippen LogP contribution in [0.4, 0.5) is 16.2 Å². The zero-order valence-corrected chi connectivity index (χ0v) is 18.6. The van der Waals surface area contributed by atoms with E-state index in [1.54, 1.807) is 0 Å². The fraction of sp³-hybridized carbons (Fsp3) is 0.192. The smallest absolute Gasteiger partial charge is 0.323 e. The van der Waals surface area contributed by atoms with Gasteiger partial charge in [0.05, 0.1) is 0 Å². The highest BCUT2D eigenvalue weighted by Crippen LogP contribution is 2.24. The molecule has 0 atom stereocenters. The minimum atomic E-state index is -0.288. The Bertz CT molecular complexity index is 1190. The molecule has 0 bridgehead atoms. The fourth-order valence-corrected chi connectivity index (χ4v) is 3.42. The third kappa shape index (κ3) is 5.47. The summed E-state index contributed by atoms with van der Waals surface area (Å²) in [7, 11) is 4.13. The first kappa shape index (κ1) is 21.5. The lowest BCUT2D eigenvalue weighted by Gasteiger charge is -2.12. The van der Waals surface area contributed by atoms with Crippen molar-refractivity contribution in [2.75, 3.05) is 31.3 Å². The average molecular weight is 429 g/mol. The van der Waals surface area contributed by atoms with Crippen LogP contribution in [-0.2, 0) is 6.54 Å². The lowest BCUT2D eigenvalue weighted by molar-refractivity contribution is 0.262. The molecule has 2 N–H and O–H groups in total. The Kier molecular flexibility index (Phi) is 6.42. The summed E-state index contributed by atoms with van der Waals surface area (Å²) in [6.07, 6.45) is 2.08. The Balaban J connectivity index is 1.34. The zero-order chi connectivity index (χ0) is 22.5. The summed E-state index contributed by atoms with van der Waals surface area (Å²) < 4.78 is 8.05. The van der Waals surface area contributed by atoms with Gasteiger partial charge in [0, 0.05) is 41.6 Å². The molecule has 0 aliphatic rings. The maximum Gasteiger partial charge on any atom is 0.323 e. The molecular weight excluding hydrogens is 400 g/mol. The third-order valence-corrected chi connectivity index (χ3v) is 5.19. The lowest BCUT2D eigenvalue weighted by atomic mass is 10.2. The molecule has 0 unspecified atom stereocenters. The Morgan fingerprint density at radius 3 is 2.19 bits per heavy atom. The first-order valence-electron chi connectivity index (χ1n) is 10.6. The number of urea groups is 1. The van der Waals surface area contributed by atoms with E-state index in [9.17, 15) is 4.79 Å². The topological polar surface area (TPSA) is 58.5 Å². The Morgan fingerprint density at radius 1 is 0.875 bits per heavy atom. The van der Waals surface area contributed by atoms with E-state index in [-0.39, 0.29) is 6.03 Å². The number of benzene rings is 3. The normalized spacial score (nSPS) is 11.0. The molecule has 6 nitrogen and oxygen atoms in total. The van der Waals surface area contributed by atoms with Gasteiger partial charge in [0.2, 0.25) is 0 Å². The number of nitrogens with one attached hydrogen (secondary N) is 2. The fourth-order valence-electron chi connectivity index (χ4n) is 3.42. The van der Waals surface area contributed by atoms with Crippen LogP contribution < -0.4 is 15.4 Å². The highest BCUT2D eigenvalue weighted by Gasteiger charge is 2.07. The summed E-state index contributed by atoms with van der Waals surface area (Å²) in [4.78, 5) is 14.6. The molecule has 4 rings (SSSR count). The Labute approximate surface area is 188 Å². The van der Waals surface area contributed by atoms with Gasteiger partial charge in [0.15, 0.2) is 0 Å². The number of nitrogens with zero attached hydrogens (tertiary/aromatic N) is 2. The largest absolute Gasteiger partial charge is 0.457 e. The number of carbonyl (C=O) groups is 1. The van der Waals surface area contributed by atoms with Crippen molar-refractivity contribution in [1.82, 2.24) is 9.47 Å². The number of hydrogen-bond donors (Lipinski definition) is 2. The van der Waals surface area contributed by atoms with Crippen LogP contribution in [0.2, 0.25) is 0 Å². The number of ether oxygens (including phenoxy) is 1. The molecule has 6 heteroatoms. The molecule has 0 aliphatic heterocycles.